The molecule has 0 radical (unpaired) electrons. The summed E-state index contributed by atoms with van der Waals surface area (Å²) in [6.07, 6.45) is 2.58. The number of carboxylic acid groups (broad SMARTS) is 1. The molecule has 5 heteroatoms. The number of aliphatic carboxylic acids is 1. The Kier molecular flexibility index (Phi) is 4.73. The first kappa shape index (κ1) is 15.0. The molecule has 0 aliphatic heterocycles. The van der Waals surface area contributed by atoms with Crippen molar-refractivity contribution in [2.24, 2.45) is 11.7 Å². The summed E-state index contributed by atoms with van der Waals surface area (Å²) in [7, 11) is 0. The van der Waals surface area contributed by atoms with Crippen LogP contribution in [-0.4, -0.2) is 40.0 Å². The molecule has 1 amide bonds. The zero-order valence-electron chi connectivity index (χ0n) is 11.5. The summed E-state index contributed by atoms with van der Waals surface area (Å²) in [5, 5.41) is 8.63. The lowest BCUT2D eigenvalue weighted by atomic mass is 9.94. The minimum atomic E-state index is -0.830. The van der Waals surface area contributed by atoms with E-state index in [9.17, 15) is 9.59 Å². The highest BCUT2D eigenvalue weighted by molar-refractivity contribution is 5.86. The average Bonchev–Trinajstić information content (AvgIpc) is 3.06. The minimum absolute atomic E-state index is 0.0490. The highest BCUT2D eigenvalue weighted by Gasteiger charge is 2.46. The third-order valence-corrected chi connectivity index (χ3v) is 3.56. The van der Waals surface area contributed by atoms with Gasteiger partial charge in [0, 0.05) is 19.0 Å². The van der Waals surface area contributed by atoms with Crippen LogP contribution in [0.15, 0.2) is 0 Å². The number of amides is 1. The number of hydrogen-bond acceptors (Lipinski definition) is 3. The largest absolute Gasteiger partial charge is 0.481 e. The topological polar surface area (TPSA) is 83.6 Å². The van der Waals surface area contributed by atoms with Gasteiger partial charge in [0.05, 0.1) is 5.54 Å². The maximum atomic E-state index is 12.4. The van der Waals surface area contributed by atoms with Crippen molar-refractivity contribution in [3.8, 4) is 0 Å². The zero-order chi connectivity index (χ0) is 13.9. The Balaban J connectivity index is 2.60. The highest BCUT2D eigenvalue weighted by atomic mass is 16.4. The number of carbonyl (C=O) groups excluding carboxylic acids is 1. The van der Waals surface area contributed by atoms with Gasteiger partial charge in [-0.15, -0.1) is 0 Å². The maximum Gasteiger partial charge on any atom is 0.303 e. The summed E-state index contributed by atoms with van der Waals surface area (Å²) in [6, 6.07) is 0.0490. The number of carbonyl (C=O) groups is 2. The molecule has 1 unspecified atom stereocenters. The van der Waals surface area contributed by atoms with E-state index in [4.69, 9.17) is 10.8 Å². The van der Waals surface area contributed by atoms with E-state index in [-0.39, 0.29) is 24.3 Å². The summed E-state index contributed by atoms with van der Waals surface area (Å²) < 4.78 is 0. The van der Waals surface area contributed by atoms with Crippen molar-refractivity contribution < 1.29 is 14.7 Å². The predicted octanol–water partition coefficient (Wildman–Crippen LogP) is 1.22. The van der Waals surface area contributed by atoms with Crippen LogP contribution >= 0.6 is 0 Å². The molecule has 1 atom stereocenters. The van der Waals surface area contributed by atoms with Gasteiger partial charge in [0.2, 0.25) is 5.91 Å². The number of hydrogen-bond donors (Lipinski definition) is 2. The van der Waals surface area contributed by atoms with Gasteiger partial charge >= 0.3 is 5.97 Å². The number of carboxylic acids is 1. The molecule has 5 nitrogen and oxygen atoms in total. The smallest absolute Gasteiger partial charge is 0.303 e. The van der Waals surface area contributed by atoms with Gasteiger partial charge in [0.1, 0.15) is 0 Å². The van der Waals surface area contributed by atoms with E-state index in [0.717, 1.165) is 12.8 Å². The van der Waals surface area contributed by atoms with Crippen LogP contribution in [0, 0.1) is 5.92 Å². The van der Waals surface area contributed by atoms with Crippen LogP contribution in [0.1, 0.15) is 46.5 Å². The molecule has 1 saturated carbocycles. The molecule has 0 aromatic heterocycles. The van der Waals surface area contributed by atoms with E-state index in [1.165, 1.54) is 0 Å². The molecule has 0 aromatic carbocycles. The molecular formula is C13H24N2O3. The Morgan fingerprint density at radius 3 is 2.39 bits per heavy atom. The van der Waals surface area contributed by atoms with Crippen molar-refractivity contribution in [2.45, 2.75) is 58.0 Å². The molecule has 18 heavy (non-hydrogen) atoms. The van der Waals surface area contributed by atoms with Crippen LogP contribution in [-0.2, 0) is 9.59 Å². The van der Waals surface area contributed by atoms with Gasteiger partial charge in [-0.2, -0.15) is 0 Å². The second kappa shape index (κ2) is 5.69. The molecule has 0 spiro atoms. The van der Waals surface area contributed by atoms with Crippen LogP contribution < -0.4 is 5.73 Å². The van der Waals surface area contributed by atoms with Gasteiger partial charge in [-0.25, -0.2) is 0 Å². The Morgan fingerprint density at radius 1 is 1.44 bits per heavy atom. The number of nitrogens with zero attached hydrogens (tertiary/aromatic N) is 1. The van der Waals surface area contributed by atoms with E-state index in [1.54, 1.807) is 11.8 Å². The maximum absolute atomic E-state index is 12.4. The monoisotopic (exact) mass is 256 g/mol. The number of nitrogens with two attached hydrogens (primary N) is 1. The fourth-order valence-electron chi connectivity index (χ4n) is 2.16. The lowest BCUT2D eigenvalue weighted by Crippen LogP contribution is -2.56. The van der Waals surface area contributed by atoms with Gasteiger partial charge in [-0.1, -0.05) is 0 Å². The van der Waals surface area contributed by atoms with Gasteiger partial charge in [-0.05, 0) is 46.0 Å². The lowest BCUT2D eigenvalue weighted by molar-refractivity contribution is -0.141. The second-order valence-electron chi connectivity index (χ2n) is 5.65. The first-order chi connectivity index (χ1) is 8.26. The van der Waals surface area contributed by atoms with Crippen molar-refractivity contribution in [1.29, 1.82) is 0 Å². The summed E-state index contributed by atoms with van der Waals surface area (Å²) in [6.45, 7) is 6.12. The van der Waals surface area contributed by atoms with Crippen molar-refractivity contribution >= 4 is 11.9 Å². The molecular weight excluding hydrogens is 232 g/mol. The molecule has 1 rings (SSSR count). The average molecular weight is 256 g/mol. The van der Waals surface area contributed by atoms with E-state index in [0.29, 0.717) is 13.0 Å². The molecule has 104 valence electrons. The van der Waals surface area contributed by atoms with E-state index < -0.39 is 11.5 Å². The van der Waals surface area contributed by atoms with Gasteiger partial charge in [-0.3, -0.25) is 9.59 Å². The van der Waals surface area contributed by atoms with Crippen LogP contribution in [0.4, 0.5) is 0 Å². The third kappa shape index (κ3) is 3.70. The minimum Gasteiger partial charge on any atom is -0.481 e. The fourth-order valence-corrected chi connectivity index (χ4v) is 2.16. The molecule has 1 fully saturated rings. The Hall–Kier alpha value is -1.10. The summed E-state index contributed by atoms with van der Waals surface area (Å²) in [5.41, 5.74) is 5.33. The van der Waals surface area contributed by atoms with E-state index in [2.05, 4.69) is 0 Å². The lowest BCUT2D eigenvalue weighted by Gasteiger charge is -2.34. The predicted molar refractivity (Wildman–Crippen MR) is 69.0 cm³/mol. The summed E-state index contributed by atoms with van der Waals surface area (Å²) in [4.78, 5) is 24.6. The molecule has 1 aliphatic carbocycles. The number of rotatable bonds is 7. The first-order valence-corrected chi connectivity index (χ1v) is 6.58. The molecule has 3 N–H and O–H groups in total. The van der Waals surface area contributed by atoms with Crippen LogP contribution in [0.2, 0.25) is 0 Å². The van der Waals surface area contributed by atoms with Crippen molar-refractivity contribution in [2.75, 3.05) is 6.54 Å². The van der Waals surface area contributed by atoms with Gasteiger partial charge in [0.15, 0.2) is 0 Å². The SMILES string of the molecule is CC(C)N(CCCC(=O)O)C(=O)C(C)(N)C1CC1. The van der Waals surface area contributed by atoms with Crippen molar-refractivity contribution in [3.63, 3.8) is 0 Å². The molecule has 0 bridgehead atoms. The molecule has 0 aromatic rings. The van der Waals surface area contributed by atoms with E-state index >= 15 is 0 Å². The van der Waals surface area contributed by atoms with Crippen molar-refractivity contribution in [3.05, 3.63) is 0 Å². The summed E-state index contributed by atoms with van der Waals surface area (Å²) in [5.74, 6) is -0.597. The molecule has 1 aliphatic rings. The Labute approximate surface area is 108 Å². The third-order valence-electron chi connectivity index (χ3n) is 3.56. The zero-order valence-corrected chi connectivity index (χ0v) is 11.5. The van der Waals surface area contributed by atoms with Gasteiger partial charge in [0.25, 0.3) is 0 Å². The van der Waals surface area contributed by atoms with Crippen molar-refractivity contribution in [1.82, 2.24) is 4.90 Å². The molecule has 0 heterocycles. The van der Waals surface area contributed by atoms with Gasteiger partial charge < -0.3 is 15.7 Å². The first-order valence-electron chi connectivity index (χ1n) is 6.58. The standard InChI is InChI=1S/C13H24N2O3/c1-9(2)15(8-4-5-11(16)17)12(18)13(3,14)10-6-7-10/h9-10H,4-8,14H2,1-3H3,(H,16,17). The fraction of sp³-hybridized carbons (Fsp3) is 0.846. The van der Waals surface area contributed by atoms with E-state index in [1.807, 2.05) is 13.8 Å². The summed E-state index contributed by atoms with van der Waals surface area (Å²) >= 11 is 0. The Bertz CT molecular complexity index is 322. The quantitative estimate of drug-likeness (QED) is 0.717. The second-order valence-corrected chi connectivity index (χ2v) is 5.65. The van der Waals surface area contributed by atoms with Crippen LogP contribution in [0.25, 0.3) is 0 Å². The van der Waals surface area contributed by atoms with Crippen LogP contribution in [0.3, 0.4) is 0 Å². The normalized spacial score (nSPS) is 18.5. The van der Waals surface area contributed by atoms with Crippen LogP contribution in [0.5, 0.6) is 0 Å². The molecule has 0 saturated heterocycles. The Morgan fingerprint density at radius 2 is 2.00 bits per heavy atom. The highest BCUT2D eigenvalue weighted by Crippen LogP contribution is 2.39.